The molecule has 26 heavy (non-hydrogen) atoms. The van der Waals surface area contributed by atoms with Crippen LogP contribution in [0.4, 0.5) is 0 Å². The number of benzene rings is 2. The summed E-state index contributed by atoms with van der Waals surface area (Å²) in [5.74, 6) is 1.59. The van der Waals surface area contributed by atoms with Gasteiger partial charge in [0.15, 0.2) is 5.16 Å². The minimum absolute atomic E-state index is 0.0742. The van der Waals surface area contributed by atoms with Crippen molar-refractivity contribution in [2.24, 2.45) is 5.14 Å². The summed E-state index contributed by atoms with van der Waals surface area (Å²) in [5.41, 5.74) is 2.68. The van der Waals surface area contributed by atoms with E-state index in [9.17, 15) is 8.42 Å². The Morgan fingerprint density at radius 1 is 1.23 bits per heavy atom. The number of fused-ring (bicyclic) bond motifs is 1. The fraction of sp³-hybridized carbons (Fsp3) is 0.278. The molecule has 0 saturated heterocycles. The van der Waals surface area contributed by atoms with Gasteiger partial charge in [-0.3, -0.25) is 0 Å². The molecule has 138 valence electrons. The summed E-state index contributed by atoms with van der Waals surface area (Å²) in [6.07, 6.45) is 0. The monoisotopic (exact) mass is 391 g/mol. The first kappa shape index (κ1) is 18.8. The van der Waals surface area contributed by atoms with Crippen LogP contribution in [0.2, 0.25) is 0 Å². The average Bonchev–Trinajstić information content (AvgIpc) is 2.94. The van der Waals surface area contributed by atoms with Gasteiger partial charge in [0, 0.05) is 12.3 Å². The van der Waals surface area contributed by atoms with Crippen LogP contribution in [0, 0.1) is 6.92 Å². The van der Waals surface area contributed by atoms with Crippen molar-refractivity contribution in [3.05, 3.63) is 48.0 Å². The smallest absolute Gasteiger partial charge is 0.238 e. The first-order valence-electron chi connectivity index (χ1n) is 8.24. The lowest BCUT2D eigenvalue weighted by atomic mass is 10.2. The van der Waals surface area contributed by atoms with Crippen molar-refractivity contribution >= 4 is 32.8 Å². The predicted molar refractivity (Wildman–Crippen MR) is 104 cm³/mol. The van der Waals surface area contributed by atoms with Crippen molar-refractivity contribution in [3.8, 4) is 5.75 Å². The highest BCUT2D eigenvalue weighted by atomic mass is 32.2. The molecule has 1 heterocycles. The van der Waals surface area contributed by atoms with E-state index in [1.165, 1.54) is 12.1 Å². The third-order valence-electron chi connectivity index (χ3n) is 3.90. The van der Waals surface area contributed by atoms with Crippen LogP contribution in [-0.4, -0.2) is 30.3 Å². The molecule has 0 aliphatic rings. The Morgan fingerprint density at radius 2 is 2.04 bits per heavy atom. The van der Waals surface area contributed by atoms with Gasteiger partial charge in [0.1, 0.15) is 5.75 Å². The van der Waals surface area contributed by atoms with Crippen LogP contribution in [-0.2, 0) is 16.6 Å². The van der Waals surface area contributed by atoms with E-state index in [-0.39, 0.29) is 4.90 Å². The van der Waals surface area contributed by atoms with Crippen molar-refractivity contribution < 1.29 is 13.2 Å². The maximum atomic E-state index is 11.5. The van der Waals surface area contributed by atoms with Gasteiger partial charge in [0.2, 0.25) is 10.0 Å². The molecule has 1 aromatic heterocycles. The fourth-order valence-electron chi connectivity index (χ4n) is 2.68. The Bertz CT molecular complexity index is 1030. The van der Waals surface area contributed by atoms with Crippen LogP contribution in [0.1, 0.15) is 12.5 Å². The molecule has 3 aromatic rings. The van der Waals surface area contributed by atoms with Gasteiger partial charge in [-0.15, -0.1) is 0 Å². The van der Waals surface area contributed by atoms with Crippen LogP contribution in [0.3, 0.4) is 0 Å². The highest BCUT2D eigenvalue weighted by molar-refractivity contribution is 7.99. The lowest BCUT2D eigenvalue weighted by molar-refractivity contribution is 0.343. The normalized spacial score (nSPS) is 11.8. The predicted octanol–water partition coefficient (Wildman–Crippen LogP) is 3.18. The Balaban J connectivity index is 1.72. The summed E-state index contributed by atoms with van der Waals surface area (Å²) < 4.78 is 30.9. The number of primary sulfonamides is 1. The number of ether oxygens (including phenoxy) is 1. The summed E-state index contributed by atoms with van der Waals surface area (Å²) >= 11 is 1.58. The highest BCUT2D eigenvalue weighted by Gasteiger charge is 2.14. The van der Waals surface area contributed by atoms with Gasteiger partial charge in [-0.1, -0.05) is 23.9 Å². The molecule has 8 heteroatoms. The zero-order chi connectivity index (χ0) is 18.7. The summed E-state index contributed by atoms with van der Waals surface area (Å²) in [6.45, 7) is 5.36. The first-order chi connectivity index (χ1) is 12.4. The molecule has 3 rings (SSSR count). The van der Waals surface area contributed by atoms with Gasteiger partial charge >= 0.3 is 0 Å². The molecule has 0 aliphatic carbocycles. The molecule has 0 aliphatic heterocycles. The molecule has 2 aromatic carbocycles. The molecule has 0 atom stereocenters. The van der Waals surface area contributed by atoms with Crippen molar-refractivity contribution in [1.82, 2.24) is 9.55 Å². The topological polar surface area (TPSA) is 87.2 Å². The number of nitrogens with zero attached hydrogens (tertiary/aromatic N) is 2. The second kappa shape index (κ2) is 7.69. The average molecular weight is 392 g/mol. The molecule has 0 fully saturated rings. The van der Waals surface area contributed by atoms with Crippen molar-refractivity contribution in [2.75, 3.05) is 12.4 Å². The molecule has 2 N–H and O–H groups in total. The first-order valence-corrected chi connectivity index (χ1v) is 10.8. The van der Waals surface area contributed by atoms with Crippen molar-refractivity contribution in [2.45, 2.75) is 30.4 Å². The number of aryl methyl sites for hydroxylation is 2. The van der Waals surface area contributed by atoms with Gasteiger partial charge in [-0.05, 0) is 49.7 Å². The van der Waals surface area contributed by atoms with Crippen molar-refractivity contribution in [1.29, 1.82) is 0 Å². The number of hydrogen-bond donors (Lipinski definition) is 1. The Kier molecular flexibility index (Phi) is 5.55. The Hall–Kier alpha value is -2.03. The molecular weight excluding hydrogens is 370 g/mol. The largest absolute Gasteiger partial charge is 0.493 e. The van der Waals surface area contributed by atoms with Crippen LogP contribution in [0.25, 0.3) is 11.0 Å². The maximum Gasteiger partial charge on any atom is 0.238 e. The van der Waals surface area contributed by atoms with E-state index in [0.717, 1.165) is 34.3 Å². The minimum atomic E-state index is -3.74. The van der Waals surface area contributed by atoms with Crippen molar-refractivity contribution in [3.63, 3.8) is 0 Å². The number of rotatable bonds is 7. The van der Waals surface area contributed by atoms with E-state index in [1.54, 1.807) is 17.8 Å². The number of sulfonamides is 1. The molecule has 0 amide bonds. The molecule has 6 nitrogen and oxygen atoms in total. The SMILES string of the molecule is CCn1c(SCCOc2cccc(C)c2)nc2cc(S(N)(=O)=O)ccc21. The quantitative estimate of drug-likeness (QED) is 0.494. The third kappa shape index (κ3) is 4.20. The van der Waals surface area contributed by atoms with Crippen LogP contribution < -0.4 is 9.88 Å². The Morgan fingerprint density at radius 3 is 2.73 bits per heavy atom. The number of nitrogens with two attached hydrogens (primary N) is 1. The summed E-state index contributed by atoms with van der Waals surface area (Å²) in [5, 5.41) is 6.04. The van der Waals surface area contributed by atoms with Crippen LogP contribution >= 0.6 is 11.8 Å². The van der Waals surface area contributed by atoms with Gasteiger partial charge in [-0.2, -0.15) is 0 Å². The molecule has 0 bridgehead atoms. The van der Waals surface area contributed by atoms with Gasteiger partial charge in [0.05, 0.1) is 22.5 Å². The lowest BCUT2D eigenvalue weighted by Gasteiger charge is -2.08. The minimum Gasteiger partial charge on any atom is -0.493 e. The standard InChI is InChI=1S/C18H21N3O3S2/c1-3-21-17-8-7-15(26(19,22)23)12-16(17)20-18(21)25-10-9-24-14-6-4-5-13(2)11-14/h4-8,11-12H,3,9-10H2,1-2H3,(H2,19,22,23). The zero-order valence-corrected chi connectivity index (χ0v) is 16.3. The summed E-state index contributed by atoms with van der Waals surface area (Å²) in [6, 6.07) is 12.7. The number of thioether (sulfide) groups is 1. The van der Waals surface area contributed by atoms with E-state index in [2.05, 4.69) is 9.55 Å². The maximum absolute atomic E-state index is 11.5. The lowest BCUT2D eigenvalue weighted by Crippen LogP contribution is -2.11. The summed E-state index contributed by atoms with van der Waals surface area (Å²) in [4.78, 5) is 4.64. The second-order valence-electron chi connectivity index (χ2n) is 5.85. The van der Waals surface area contributed by atoms with Gasteiger partial charge in [-0.25, -0.2) is 18.5 Å². The van der Waals surface area contributed by atoms with Gasteiger partial charge in [0.25, 0.3) is 0 Å². The molecule has 0 radical (unpaired) electrons. The Labute approximate surface area is 157 Å². The molecular formula is C18H21N3O3S2. The third-order valence-corrected chi connectivity index (χ3v) is 5.75. The number of hydrogen-bond acceptors (Lipinski definition) is 5. The molecule has 0 unspecified atom stereocenters. The second-order valence-corrected chi connectivity index (χ2v) is 8.47. The van der Waals surface area contributed by atoms with Crippen LogP contribution in [0.15, 0.2) is 52.5 Å². The fourth-order valence-corrected chi connectivity index (χ4v) is 4.11. The van der Waals surface area contributed by atoms with E-state index < -0.39 is 10.0 Å². The van der Waals surface area contributed by atoms with E-state index in [0.29, 0.717) is 12.1 Å². The highest BCUT2D eigenvalue weighted by Crippen LogP contribution is 2.26. The number of aromatic nitrogens is 2. The van der Waals surface area contributed by atoms with Crippen LogP contribution in [0.5, 0.6) is 5.75 Å². The summed E-state index contributed by atoms with van der Waals surface area (Å²) in [7, 11) is -3.74. The van der Waals surface area contributed by atoms with E-state index in [4.69, 9.17) is 9.88 Å². The molecule has 0 spiro atoms. The van der Waals surface area contributed by atoms with E-state index in [1.807, 2.05) is 38.1 Å². The van der Waals surface area contributed by atoms with E-state index >= 15 is 0 Å². The number of imidazole rings is 1. The van der Waals surface area contributed by atoms with Gasteiger partial charge < -0.3 is 9.30 Å². The molecule has 0 saturated carbocycles. The zero-order valence-electron chi connectivity index (χ0n) is 14.7.